The first kappa shape index (κ1) is 47.9. The van der Waals surface area contributed by atoms with E-state index in [0.717, 1.165) is 38.8 Å². The van der Waals surface area contributed by atoms with Crippen molar-refractivity contribution in [2.45, 2.75) is 206 Å². The Kier molecular flexibility index (Phi) is 24.6. The monoisotopic (exact) mass is 779 g/mol. The van der Waals surface area contributed by atoms with Gasteiger partial charge in [0.15, 0.2) is 11.6 Å². The summed E-state index contributed by atoms with van der Waals surface area (Å²) in [6.45, 7) is 9.52. The number of fused-ring (bicyclic) bond motifs is 2. The van der Waals surface area contributed by atoms with Crippen LogP contribution in [0.1, 0.15) is 203 Å². The quantitative estimate of drug-likeness (QED) is 0.0302. The number of hydrogen-bond donors (Lipinski definition) is 6. The van der Waals surface area contributed by atoms with Gasteiger partial charge in [-0.25, -0.2) is 0 Å². The maximum absolute atomic E-state index is 14.2. The second-order valence-electron chi connectivity index (χ2n) is 16.9. The Morgan fingerprint density at radius 1 is 0.482 bits per heavy atom. The van der Waals surface area contributed by atoms with Crippen LogP contribution in [0.5, 0.6) is 0 Å². The van der Waals surface area contributed by atoms with Gasteiger partial charge in [0.25, 0.3) is 0 Å². The van der Waals surface area contributed by atoms with Crippen LogP contribution in [0.25, 0.3) is 0 Å². The number of allylic oxidation sites excluding steroid dienone is 4. The molecule has 0 aliphatic heterocycles. The minimum absolute atomic E-state index is 0.111. The first-order chi connectivity index (χ1) is 27.3. The lowest BCUT2D eigenvalue weighted by molar-refractivity contribution is 0.0751. The van der Waals surface area contributed by atoms with Crippen LogP contribution in [-0.2, 0) is 0 Å². The number of aliphatic hydroxyl groups excluding tert-OH is 2. The van der Waals surface area contributed by atoms with Gasteiger partial charge < -0.3 is 20.8 Å². The lowest BCUT2D eigenvalue weighted by Crippen LogP contribution is -2.55. The molecule has 6 atom stereocenters. The molecule has 1 aromatic carbocycles. The van der Waals surface area contributed by atoms with E-state index in [1.807, 2.05) is 12.2 Å². The van der Waals surface area contributed by atoms with Gasteiger partial charge in [0.1, 0.15) is 12.3 Å². The van der Waals surface area contributed by atoms with Crippen molar-refractivity contribution in [3.63, 3.8) is 0 Å². The van der Waals surface area contributed by atoms with Crippen molar-refractivity contribution in [1.82, 2.24) is 21.3 Å². The van der Waals surface area contributed by atoms with Crippen molar-refractivity contribution in [1.29, 1.82) is 0 Å². The maximum Gasteiger partial charge on any atom is 0.173 e. The zero-order valence-corrected chi connectivity index (χ0v) is 36.0. The number of ketones is 2. The Morgan fingerprint density at radius 2 is 0.768 bits per heavy atom. The van der Waals surface area contributed by atoms with Crippen molar-refractivity contribution >= 4 is 11.6 Å². The first-order valence-electron chi connectivity index (χ1n) is 23.2. The third kappa shape index (κ3) is 17.1. The number of rotatable bonds is 34. The zero-order chi connectivity index (χ0) is 40.4. The van der Waals surface area contributed by atoms with Gasteiger partial charge in [-0.1, -0.05) is 179 Å². The summed E-state index contributed by atoms with van der Waals surface area (Å²) in [4.78, 5) is 28.4. The van der Waals surface area contributed by atoms with Crippen molar-refractivity contribution < 1.29 is 19.8 Å². The molecule has 1 aromatic rings. The number of hydrogen-bond acceptors (Lipinski definition) is 8. The summed E-state index contributed by atoms with van der Waals surface area (Å²) >= 11 is 0. The van der Waals surface area contributed by atoms with Gasteiger partial charge in [0, 0.05) is 22.5 Å². The molecule has 0 aromatic heterocycles. The zero-order valence-electron chi connectivity index (χ0n) is 36.0. The highest BCUT2D eigenvalue weighted by atomic mass is 16.3. The normalized spacial score (nSPS) is 18.8. The largest absolute Gasteiger partial charge is 0.390 e. The van der Waals surface area contributed by atoms with E-state index in [9.17, 15) is 19.8 Å². The van der Waals surface area contributed by atoms with Crippen LogP contribution in [0.15, 0.2) is 47.8 Å². The highest BCUT2D eigenvalue weighted by Crippen LogP contribution is 2.40. The van der Waals surface area contributed by atoms with Gasteiger partial charge in [-0.05, 0) is 51.9 Å². The maximum atomic E-state index is 14.2. The molecule has 318 valence electrons. The molecule has 6 unspecified atom stereocenters. The summed E-state index contributed by atoms with van der Waals surface area (Å²) in [6.07, 6.45) is 32.2. The van der Waals surface area contributed by atoms with Gasteiger partial charge in [0.2, 0.25) is 0 Å². The van der Waals surface area contributed by atoms with E-state index >= 15 is 0 Å². The molecule has 0 spiro atoms. The van der Waals surface area contributed by atoms with Crippen LogP contribution in [0.3, 0.4) is 0 Å². The second-order valence-corrected chi connectivity index (χ2v) is 16.9. The fourth-order valence-electron chi connectivity index (χ4n) is 8.35. The average Bonchev–Trinajstić information content (AvgIpc) is 3.19. The summed E-state index contributed by atoms with van der Waals surface area (Å²) in [5.41, 5.74) is 2.12. The standard InChI is InChI=1S/C48H82N4O4/c1-5-7-9-11-13-15-17-19-21-23-25-29-35-49-47(37(3)53)51-41-33-34-42(44-43(41)45(55)39-31-27-28-32-40(39)46(44)56)52-48(38(4)54)50-36-30-26-24-22-20-18-16-14-12-10-8-6-2/h27-28,31-34,37-38,43-44,47-54H,5-26,29-30,35-36H2,1-4H3. The van der Waals surface area contributed by atoms with Crippen LogP contribution in [0.4, 0.5) is 0 Å². The van der Waals surface area contributed by atoms with Crippen LogP contribution in [0, 0.1) is 11.8 Å². The van der Waals surface area contributed by atoms with E-state index in [1.165, 1.54) is 128 Å². The van der Waals surface area contributed by atoms with Gasteiger partial charge in [-0.3, -0.25) is 20.2 Å². The van der Waals surface area contributed by atoms with Crippen molar-refractivity contribution in [3.05, 3.63) is 58.9 Å². The molecule has 0 saturated carbocycles. The predicted molar refractivity (Wildman–Crippen MR) is 234 cm³/mol. The first-order valence-corrected chi connectivity index (χ1v) is 23.2. The number of aliphatic hydroxyl groups is 2. The van der Waals surface area contributed by atoms with Gasteiger partial charge in [0.05, 0.1) is 24.0 Å². The summed E-state index contributed by atoms with van der Waals surface area (Å²) in [5.74, 6) is -1.74. The summed E-state index contributed by atoms with van der Waals surface area (Å²) in [6, 6.07) is 7.08. The molecule has 0 radical (unpaired) electrons. The Balaban J connectivity index is 1.53. The highest BCUT2D eigenvalue weighted by molar-refractivity contribution is 6.18. The average molecular weight is 779 g/mol. The van der Waals surface area contributed by atoms with Crippen molar-refractivity contribution in [2.75, 3.05) is 13.1 Å². The van der Waals surface area contributed by atoms with E-state index in [1.54, 1.807) is 38.1 Å². The van der Waals surface area contributed by atoms with E-state index < -0.39 is 36.4 Å². The topological polar surface area (TPSA) is 123 Å². The smallest absolute Gasteiger partial charge is 0.173 e. The summed E-state index contributed by atoms with van der Waals surface area (Å²) in [7, 11) is 0. The third-order valence-corrected chi connectivity index (χ3v) is 11.9. The van der Waals surface area contributed by atoms with Crippen molar-refractivity contribution in [3.8, 4) is 0 Å². The second kappa shape index (κ2) is 28.8. The molecule has 8 nitrogen and oxygen atoms in total. The summed E-state index contributed by atoms with van der Waals surface area (Å²) in [5, 5.41) is 35.4. The summed E-state index contributed by atoms with van der Waals surface area (Å²) < 4.78 is 0. The number of carbonyl (C=O) groups excluding carboxylic acids is 2. The lowest BCUT2D eigenvalue weighted by atomic mass is 9.69. The number of nitrogens with one attached hydrogen (secondary N) is 4. The molecule has 3 rings (SSSR count). The molecule has 0 amide bonds. The Morgan fingerprint density at radius 3 is 1.05 bits per heavy atom. The Labute approximate surface area is 341 Å². The van der Waals surface area contributed by atoms with Crippen LogP contribution in [-0.4, -0.2) is 59.4 Å². The minimum Gasteiger partial charge on any atom is -0.390 e. The van der Waals surface area contributed by atoms with Gasteiger partial charge in [-0.2, -0.15) is 0 Å². The molecular weight excluding hydrogens is 697 g/mol. The highest BCUT2D eigenvalue weighted by Gasteiger charge is 2.47. The van der Waals surface area contributed by atoms with Gasteiger partial charge >= 0.3 is 0 Å². The number of Topliss-reactive ketones (excluding diaryl/α,β-unsaturated/α-hetero) is 2. The Hall–Kier alpha value is -2.52. The van der Waals surface area contributed by atoms with Crippen LogP contribution >= 0.6 is 0 Å². The molecule has 8 heteroatoms. The van der Waals surface area contributed by atoms with E-state index in [-0.39, 0.29) is 11.6 Å². The molecule has 0 heterocycles. The molecule has 0 fully saturated rings. The third-order valence-electron chi connectivity index (χ3n) is 11.9. The number of unbranched alkanes of at least 4 members (excludes halogenated alkanes) is 22. The van der Waals surface area contributed by atoms with Crippen molar-refractivity contribution in [2.24, 2.45) is 11.8 Å². The predicted octanol–water partition coefficient (Wildman–Crippen LogP) is 10.3. The molecule has 56 heavy (non-hydrogen) atoms. The molecule has 0 bridgehead atoms. The molecule has 0 saturated heterocycles. The fraction of sp³-hybridized carbons (Fsp3) is 0.750. The van der Waals surface area contributed by atoms with E-state index in [2.05, 4.69) is 35.1 Å². The molecule has 6 N–H and O–H groups in total. The van der Waals surface area contributed by atoms with Crippen LogP contribution < -0.4 is 21.3 Å². The molecule has 2 aliphatic rings. The minimum atomic E-state index is -0.759. The van der Waals surface area contributed by atoms with E-state index in [0.29, 0.717) is 22.5 Å². The fourth-order valence-corrected chi connectivity index (χ4v) is 8.35. The van der Waals surface area contributed by atoms with Crippen LogP contribution in [0.2, 0.25) is 0 Å². The molecular formula is C48H82N4O4. The number of benzene rings is 1. The molecule has 2 aliphatic carbocycles. The van der Waals surface area contributed by atoms with E-state index in [4.69, 9.17) is 0 Å². The Bertz CT molecular complexity index is 1200. The SMILES string of the molecule is CCCCCCCCCCCCCCNC(NC1=CC=C(NC(NCCCCCCCCCCCCCC)C(C)O)C2C(=O)c3ccccc3C(=O)C12)C(C)O. The van der Waals surface area contributed by atoms with Gasteiger partial charge in [-0.15, -0.1) is 0 Å². The number of carbonyl (C=O) groups is 2. The lowest BCUT2D eigenvalue weighted by Gasteiger charge is -2.39.